The van der Waals surface area contributed by atoms with Gasteiger partial charge in [0, 0.05) is 43.7 Å². The number of nitro benzene ring substituents is 1. The Labute approximate surface area is 150 Å². The van der Waals surface area contributed by atoms with Crippen LogP contribution in [0.3, 0.4) is 0 Å². The van der Waals surface area contributed by atoms with Crippen molar-refractivity contribution in [1.29, 1.82) is 0 Å². The van der Waals surface area contributed by atoms with E-state index in [-0.39, 0.29) is 16.7 Å². The highest BCUT2D eigenvalue weighted by atomic mass is 32.1. The third kappa shape index (κ3) is 3.23. The number of thiophene rings is 1. The molecule has 1 aliphatic rings. The Morgan fingerprint density at radius 1 is 1.20 bits per heavy atom. The third-order valence-electron chi connectivity index (χ3n) is 4.72. The van der Waals surface area contributed by atoms with Gasteiger partial charge in [0.05, 0.1) is 11.0 Å². The number of fused-ring (bicyclic) bond motifs is 1. The van der Waals surface area contributed by atoms with Gasteiger partial charge in [-0.15, -0.1) is 0 Å². The Morgan fingerprint density at radius 2 is 2.12 bits per heavy atom. The van der Waals surface area contributed by atoms with Gasteiger partial charge in [0.15, 0.2) is 0 Å². The van der Waals surface area contributed by atoms with Crippen LogP contribution in [0.4, 0.5) is 5.69 Å². The molecule has 2 aromatic heterocycles. The lowest BCUT2D eigenvalue weighted by molar-refractivity contribution is -0.384. The van der Waals surface area contributed by atoms with Crippen molar-refractivity contribution in [2.75, 3.05) is 6.54 Å². The van der Waals surface area contributed by atoms with Gasteiger partial charge in [0.25, 0.3) is 5.69 Å². The average molecular weight is 353 g/mol. The van der Waals surface area contributed by atoms with E-state index in [1.54, 1.807) is 29.5 Å². The summed E-state index contributed by atoms with van der Waals surface area (Å²) < 4.78 is 2.33. The number of aromatic nitrogens is 1. The summed E-state index contributed by atoms with van der Waals surface area (Å²) in [7, 11) is 0. The summed E-state index contributed by atoms with van der Waals surface area (Å²) in [5.41, 5.74) is 3.72. The lowest BCUT2D eigenvalue weighted by Crippen LogP contribution is -2.29. The van der Waals surface area contributed by atoms with Crippen molar-refractivity contribution in [2.24, 2.45) is 0 Å². The highest BCUT2D eigenvalue weighted by molar-refractivity contribution is 7.08. The molecule has 6 heteroatoms. The molecule has 1 aromatic carbocycles. The van der Waals surface area contributed by atoms with Gasteiger partial charge in [-0.3, -0.25) is 15.0 Å². The van der Waals surface area contributed by atoms with Gasteiger partial charge in [-0.25, -0.2) is 0 Å². The van der Waals surface area contributed by atoms with Gasteiger partial charge < -0.3 is 4.57 Å². The standard InChI is InChI=1S/C19H19N3O2S/c23-22(24)17-5-1-4-15(12-17)13-21-10-3-9-20-8-2-6-18(20)19(21)16-7-11-25-14-16/h1-2,4-8,11-12,14,19H,3,9-10,13H2. The maximum atomic E-state index is 11.1. The Hall–Kier alpha value is -2.44. The molecule has 0 N–H and O–H groups in total. The van der Waals surface area contributed by atoms with Crippen molar-refractivity contribution in [2.45, 2.75) is 25.6 Å². The van der Waals surface area contributed by atoms with Crippen molar-refractivity contribution in [3.63, 3.8) is 0 Å². The zero-order valence-corrected chi connectivity index (χ0v) is 14.6. The predicted molar refractivity (Wildman–Crippen MR) is 98.7 cm³/mol. The van der Waals surface area contributed by atoms with Gasteiger partial charge in [-0.1, -0.05) is 12.1 Å². The first-order valence-electron chi connectivity index (χ1n) is 8.37. The van der Waals surface area contributed by atoms with Crippen LogP contribution in [0.15, 0.2) is 59.4 Å². The van der Waals surface area contributed by atoms with Crippen LogP contribution in [-0.4, -0.2) is 20.9 Å². The van der Waals surface area contributed by atoms with Crippen LogP contribution in [0.25, 0.3) is 0 Å². The van der Waals surface area contributed by atoms with Gasteiger partial charge in [0.1, 0.15) is 0 Å². The minimum absolute atomic E-state index is 0.155. The molecule has 128 valence electrons. The molecular weight excluding hydrogens is 334 g/mol. The zero-order valence-electron chi connectivity index (χ0n) is 13.7. The first-order valence-corrected chi connectivity index (χ1v) is 9.31. The fraction of sp³-hybridized carbons (Fsp3) is 0.263. The maximum absolute atomic E-state index is 11.1. The van der Waals surface area contributed by atoms with Crippen LogP contribution in [-0.2, 0) is 13.1 Å². The molecule has 5 nitrogen and oxygen atoms in total. The molecule has 0 bridgehead atoms. The number of nitro groups is 1. The van der Waals surface area contributed by atoms with Crippen LogP contribution in [0, 0.1) is 10.1 Å². The van der Waals surface area contributed by atoms with E-state index >= 15 is 0 Å². The summed E-state index contributed by atoms with van der Waals surface area (Å²) in [6.45, 7) is 2.67. The lowest BCUT2D eigenvalue weighted by Gasteiger charge is -2.30. The number of rotatable bonds is 4. The van der Waals surface area contributed by atoms with E-state index in [1.807, 2.05) is 6.07 Å². The minimum Gasteiger partial charge on any atom is -0.350 e. The number of nitrogens with zero attached hydrogens (tertiary/aromatic N) is 3. The molecule has 1 unspecified atom stereocenters. The quantitative estimate of drug-likeness (QED) is 0.514. The van der Waals surface area contributed by atoms with Crippen molar-refractivity contribution in [3.8, 4) is 0 Å². The molecule has 3 aromatic rings. The highest BCUT2D eigenvalue weighted by Crippen LogP contribution is 2.34. The van der Waals surface area contributed by atoms with Crippen LogP contribution >= 0.6 is 11.3 Å². The molecule has 0 saturated carbocycles. The number of aryl methyl sites for hydroxylation is 1. The molecule has 0 spiro atoms. The Bertz CT molecular complexity index is 872. The second-order valence-corrected chi connectivity index (χ2v) is 7.12. The summed E-state index contributed by atoms with van der Waals surface area (Å²) in [4.78, 5) is 13.2. The second-order valence-electron chi connectivity index (χ2n) is 6.34. The second kappa shape index (κ2) is 6.82. The van der Waals surface area contributed by atoms with E-state index in [0.717, 1.165) is 25.1 Å². The molecule has 0 saturated heterocycles. The van der Waals surface area contributed by atoms with E-state index in [4.69, 9.17) is 0 Å². The first kappa shape index (κ1) is 16.1. The van der Waals surface area contributed by atoms with Crippen LogP contribution in [0.1, 0.15) is 29.3 Å². The predicted octanol–water partition coefficient (Wildman–Crippen LogP) is 4.45. The van der Waals surface area contributed by atoms with Crippen molar-refractivity contribution >= 4 is 17.0 Å². The van der Waals surface area contributed by atoms with E-state index in [2.05, 4.69) is 44.6 Å². The van der Waals surface area contributed by atoms with E-state index in [1.165, 1.54) is 11.3 Å². The molecular formula is C19H19N3O2S. The normalized spacial score (nSPS) is 17.8. The molecule has 0 aliphatic carbocycles. The number of hydrogen-bond acceptors (Lipinski definition) is 4. The molecule has 1 aliphatic heterocycles. The molecule has 25 heavy (non-hydrogen) atoms. The lowest BCUT2D eigenvalue weighted by atomic mass is 10.0. The summed E-state index contributed by atoms with van der Waals surface area (Å²) in [6, 6.07) is 13.6. The van der Waals surface area contributed by atoms with E-state index in [9.17, 15) is 10.1 Å². The van der Waals surface area contributed by atoms with Crippen molar-refractivity contribution < 1.29 is 4.92 Å². The SMILES string of the molecule is O=[N+]([O-])c1cccc(CN2CCCn3cccc3C2c2ccsc2)c1. The smallest absolute Gasteiger partial charge is 0.269 e. The topological polar surface area (TPSA) is 51.3 Å². The van der Waals surface area contributed by atoms with Crippen LogP contribution < -0.4 is 0 Å². The summed E-state index contributed by atoms with van der Waals surface area (Å²) >= 11 is 1.71. The maximum Gasteiger partial charge on any atom is 0.269 e. The average Bonchev–Trinajstić information content (AvgIpc) is 3.26. The first-order chi connectivity index (χ1) is 12.2. The van der Waals surface area contributed by atoms with Gasteiger partial charge in [-0.05, 0) is 46.5 Å². The van der Waals surface area contributed by atoms with E-state index < -0.39 is 0 Å². The van der Waals surface area contributed by atoms with Gasteiger partial charge in [0.2, 0.25) is 0 Å². The summed E-state index contributed by atoms with van der Waals surface area (Å²) in [6.07, 6.45) is 3.21. The van der Waals surface area contributed by atoms with Crippen molar-refractivity contribution in [1.82, 2.24) is 9.47 Å². The van der Waals surface area contributed by atoms with Crippen LogP contribution in [0.5, 0.6) is 0 Å². The minimum atomic E-state index is -0.326. The summed E-state index contributed by atoms with van der Waals surface area (Å²) in [5.74, 6) is 0. The molecule has 3 heterocycles. The fourth-order valence-electron chi connectivity index (χ4n) is 3.62. The Balaban J connectivity index is 1.69. The molecule has 1 atom stereocenters. The fourth-order valence-corrected chi connectivity index (χ4v) is 4.30. The number of non-ortho nitro benzene ring substituents is 1. The molecule has 0 radical (unpaired) electrons. The van der Waals surface area contributed by atoms with Crippen LogP contribution in [0.2, 0.25) is 0 Å². The summed E-state index contributed by atoms with van der Waals surface area (Å²) in [5, 5.41) is 15.4. The van der Waals surface area contributed by atoms with Gasteiger partial charge >= 0.3 is 0 Å². The molecule has 0 amide bonds. The monoisotopic (exact) mass is 353 g/mol. The zero-order chi connectivity index (χ0) is 17.2. The number of benzene rings is 1. The molecule has 0 fully saturated rings. The Morgan fingerprint density at radius 3 is 2.92 bits per heavy atom. The number of hydrogen-bond donors (Lipinski definition) is 0. The van der Waals surface area contributed by atoms with Crippen molar-refractivity contribution in [3.05, 3.63) is 86.4 Å². The third-order valence-corrected chi connectivity index (χ3v) is 5.42. The largest absolute Gasteiger partial charge is 0.350 e. The molecule has 4 rings (SSSR count). The Kier molecular flexibility index (Phi) is 4.38. The van der Waals surface area contributed by atoms with E-state index in [0.29, 0.717) is 6.54 Å². The highest BCUT2D eigenvalue weighted by Gasteiger charge is 2.27. The van der Waals surface area contributed by atoms with Gasteiger partial charge in [-0.2, -0.15) is 11.3 Å².